The molecule has 0 aliphatic rings. The van der Waals surface area contributed by atoms with Crippen molar-refractivity contribution in [2.24, 2.45) is 0 Å². The zero-order valence-corrected chi connectivity index (χ0v) is 33.7. The van der Waals surface area contributed by atoms with Crippen molar-refractivity contribution < 1.29 is 0 Å². The molecule has 0 saturated carbocycles. The first-order chi connectivity index (χ1) is 31.3. The third-order valence-corrected chi connectivity index (χ3v) is 12.8. The standard InChI is InChI=1S/C55H34N8/c1-3-15-37(16-4-1)59-33-31-35-27-29-43-41-21-9-13-25-47(41)62(51(43)49(35)59)54-56-53(61-45-23-11-7-19-39(45)40-20-8-12-24-46(40)61)57-55(58-54)63-48-26-14-10-22-42(48)44-30-28-36-32-34-60(50(36)52(44)63)38-17-5-2-6-18-38/h1-34H. The van der Waals surface area contributed by atoms with Gasteiger partial charge in [-0.15, -0.1) is 0 Å². The topological polar surface area (TPSA) is 63.3 Å². The largest absolute Gasteiger partial charge is 0.315 e. The monoisotopic (exact) mass is 806 g/mol. The number of fused-ring (bicyclic) bond motifs is 13. The Morgan fingerprint density at radius 3 is 1.00 bits per heavy atom. The summed E-state index contributed by atoms with van der Waals surface area (Å²) >= 11 is 0. The van der Waals surface area contributed by atoms with E-state index >= 15 is 0 Å². The van der Waals surface area contributed by atoms with Crippen molar-refractivity contribution in [1.29, 1.82) is 0 Å². The van der Waals surface area contributed by atoms with E-state index in [0.29, 0.717) is 17.8 Å². The maximum atomic E-state index is 5.65. The average molecular weight is 807 g/mol. The number of nitrogens with zero attached hydrogens (tertiary/aromatic N) is 8. The summed E-state index contributed by atoms with van der Waals surface area (Å²) < 4.78 is 11.3. The molecule has 8 aromatic carbocycles. The van der Waals surface area contributed by atoms with Crippen LogP contribution in [-0.4, -0.2) is 37.8 Å². The van der Waals surface area contributed by atoms with Gasteiger partial charge in [-0.2, -0.15) is 15.0 Å². The second kappa shape index (κ2) is 12.9. The van der Waals surface area contributed by atoms with Gasteiger partial charge in [0, 0.05) is 66.9 Å². The highest BCUT2D eigenvalue weighted by Gasteiger charge is 2.25. The van der Waals surface area contributed by atoms with Crippen LogP contribution in [0.15, 0.2) is 207 Å². The first-order valence-electron chi connectivity index (χ1n) is 21.2. The van der Waals surface area contributed by atoms with Gasteiger partial charge >= 0.3 is 0 Å². The predicted molar refractivity (Wildman–Crippen MR) is 257 cm³/mol. The molecule has 14 aromatic rings. The van der Waals surface area contributed by atoms with Crippen LogP contribution in [0.5, 0.6) is 0 Å². The van der Waals surface area contributed by atoms with Crippen LogP contribution in [0.2, 0.25) is 0 Å². The molecule has 0 bridgehead atoms. The molecule has 14 rings (SSSR count). The van der Waals surface area contributed by atoms with Gasteiger partial charge in [-0.3, -0.25) is 13.7 Å². The number of rotatable bonds is 5. The highest BCUT2D eigenvalue weighted by atomic mass is 15.3. The second-order valence-electron chi connectivity index (χ2n) is 16.2. The molecular weight excluding hydrogens is 773 g/mol. The fraction of sp³-hybridized carbons (Fsp3) is 0. The van der Waals surface area contributed by atoms with E-state index in [1.807, 2.05) is 0 Å². The van der Waals surface area contributed by atoms with Crippen molar-refractivity contribution in [2.75, 3.05) is 0 Å². The van der Waals surface area contributed by atoms with E-state index in [1.54, 1.807) is 0 Å². The molecule has 0 saturated heterocycles. The van der Waals surface area contributed by atoms with E-state index < -0.39 is 0 Å². The molecule has 0 aliphatic carbocycles. The number of aromatic nitrogens is 8. The molecule has 63 heavy (non-hydrogen) atoms. The Balaban J connectivity index is 1.18. The molecular formula is C55H34N8. The summed E-state index contributed by atoms with van der Waals surface area (Å²) in [7, 11) is 0. The Morgan fingerprint density at radius 2 is 0.587 bits per heavy atom. The Hall–Kier alpha value is -8.75. The van der Waals surface area contributed by atoms with Crippen molar-refractivity contribution in [3.05, 3.63) is 207 Å². The van der Waals surface area contributed by atoms with E-state index in [9.17, 15) is 0 Å². The highest BCUT2D eigenvalue weighted by Crippen LogP contribution is 2.41. The number of benzene rings is 8. The van der Waals surface area contributed by atoms with Gasteiger partial charge in [-0.05, 0) is 60.7 Å². The summed E-state index contributed by atoms with van der Waals surface area (Å²) in [6, 6.07) is 68.6. The fourth-order valence-corrected chi connectivity index (χ4v) is 10.1. The van der Waals surface area contributed by atoms with Gasteiger partial charge in [0.25, 0.3) is 0 Å². The Kier molecular flexibility index (Phi) is 6.95. The summed E-state index contributed by atoms with van der Waals surface area (Å²) in [6.07, 6.45) is 4.32. The van der Waals surface area contributed by atoms with Gasteiger partial charge in [-0.25, -0.2) is 0 Å². The molecule has 8 heteroatoms. The van der Waals surface area contributed by atoms with Crippen molar-refractivity contribution in [2.45, 2.75) is 0 Å². The zero-order chi connectivity index (χ0) is 41.2. The first kappa shape index (κ1) is 34.0. The molecule has 8 nitrogen and oxygen atoms in total. The summed E-state index contributed by atoms with van der Waals surface area (Å²) in [5.74, 6) is 1.57. The van der Waals surface area contributed by atoms with Gasteiger partial charge < -0.3 is 9.13 Å². The summed E-state index contributed by atoms with van der Waals surface area (Å²) in [4.78, 5) is 16.8. The minimum Gasteiger partial charge on any atom is -0.315 e. The SMILES string of the molecule is c1ccc(-n2ccc3ccc4c5ccccc5n(-c5nc(-n6c7ccccc7c7ccccc76)nc(-n6c7ccccc7c7ccc8ccn(-c9ccccc9)c8c76)n5)c4c32)cc1. The lowest BCUT2D eigenvalue weighted by Crippen LogP contribution is -2.13. The van der Waals surface area contributed by atoms with E-state index in [4.69, 9.17) is 15.0 Å². The minimum atomic E-state index is 0.521. The maximum absolute atomic E-state index is 5.65. The molecule has 0 amide bonds. The molecule has 0 unspecified atom stereocenters. The van der Waals surface area contributed by atoms with E-state index in [0.717, 1.165) is 98.6 Å². The Bertz CT molecular complexity index is 3880. The minimum absolute atomic E-state index is 0.521. The highest BCUT2D eigenvalue weighted by molar-refractivity contribution is 6.19. The van der Waals surface area contributed by atoms with Crippen LogP contribution in [0, 0.1) is 0 Å². The first-order valence-corrected chi connectivity index (χ1v) is 21.2. The fourth-order valence-electron chi connectivity index (χ4n) is 10.1. The van der Waals surface area contributed by atoms with Crippen molar-refractivity contribution in [1.82, 2.24) is 37.8 Å². The summed E-state index contributed by atoms with van der Waals surface area (Å²) in [5.41, 5.74) is 10.4. The van der Waals surface area contributed by atoms with Gasteiger partial charge in [0.15, 0.2) is 0 Å². The third-order valence-electron chi connectivity index (χ3n) is 12.8. The molecule has 0 aliphatic heterocycles. The lowest BCUT2D eigenvalue weighted by Gasteiger charge is -2.15. The Labute approximate surface area is 359 Å². The quantitative estimate of drug-likeness (QED) is 0.174. The van der Waals surface area contributed by atoms with Crippen molar-refractivity contribution in [3.8, 4) is 29.2 Å². The van der Waals surface area contributed by atoms with Crippen LogP contribution in [0.4, 0.5) is 0 Å². The van der Waals surface area contributed by atoms with Crippen molar-refractivity contribution >= 4 is 87.2 Å². The van der Waals surface area contributed by atoms with Crippen molar-refractivity contribution in [3.63, 3.8) is 0 Å². The molecule has 0 N–H and O–H groups in total. The van der Waals surface area contributed by atoms with Crippen LogP contribution in [0.1, 0.15) is 0 Å². The molecule has 0 atom stereocenters. The molecule has 294 valence electrons. The lowest BCUT2D eigenvalue weighted by atomic mass is 10.1. The second-order valence-corrected chi connectivity index (χ2v) is 16.2. The molecule has 6 heterocycles. The van der Waals surface area contributed by atoms with Crippen LogP contribution in [0.25, 0.3) is 116 Å². The molecule has 0 radical (unpaired) electrons. The zero-order valence-electron chi connectivity index (χ0n) is 33.7. The summed E-state index contributed by atoms with van der Waals surface area (Å²) in [6.45, 7) is 0. The smallest absolute Gasteiger partial charge is 0.241 e. The van der Waals surface area contributed by atoms with E-state index in [2.05, 4.69) is 229 Å². The molecule has 6 aromatic heterocycles. The van der Waals surface area contributed by atoms with Crippen LogP contribution in [-0.2, 0) is 0 Å². The van der Waals surface area contributed by atoms with Gasteiger partial charge in [0.05, 0.1) is 44.1 Å². The van der Waals surface area contributed by atoms with Gasteiger partial charge in [-0.1, -0.05) is 133 Å². The van der Waals surface area contributed by atoms with Crippen LogP contribution >= 0.6 is 0 Å². The Morgan fingerprint density at radius 1 is 0.254 bits per heavy atom. The number of hydrogen-bond donors (Lipinski definition) is 0. The van der Waals surface area contributed by atoms with E-state index in [1.165, 1.54) is 0 Å². The normalized spacial score (nSPS) is 12.1. The third kappa shape index (κ3) is 4.77. The molecule has 0 spiro atoms. The summed E-state index contributed by atoms with van der Waals surface area (Å²) in [5, 5.41) is 9.00. The van der Waals surface area contributed by atoms with E-state index in [-0.39, 0.29) is 0 Å². The van der Waals surface area contributed by atoms with Gasteiger partial charge in [0.1, 0.15) is 0 Å². The predicted octanol–water partition coefficient (Wildman–Crippen LogP) is 13.1. The number of hydrogen-bond acceptors (Lipinski definition) is 3. The van der Waals surface area contributed by atoms with Crippen LogP contribution in [0.3, 0.4) is 0 Å². The number of para-hydroxylation sites is 6. The maximum Gasteiger partial charge on any atom is 0.241 e. The van der Waals surface area contributed by atoms with Crippen LogP contribution < -0.4 is 0 Å². The molecule has 0 fully saturated rings. The average Bonchev–Trinajstić information content (AvgIpc) is 4.17. The lowest BCUT2D eigenvalue weighted by molar-refractivity contribution is 0.848. The van der Waals surface area contributed by atoms with Gasteiger partial charge in [0.2, 0.25) is 17.8 Å².